The van der Waals surface area contributed by atoms with Crippen molar-refractivity contribution in [2.45, 2.75) is 39.2 Å². The molecule has 0 saturated heterocycles. The lowest BCUT2D eigenvalue weighted by molar-refractivity contribution is 0.735. The molecule has 1 heterocycles. The Morgan fingerprint density at radius 1 is 1.61 bits per heavy atom. The van der Waals surface area contributed by atoms with Gasteiger partial charge in [0.05, 0.1) is 0 Å². The fraction of sp³-hybridized carbons (Fsp3) is 0.643. The summed E-state index contributed by atoms with van der Waals surface area (Å²) < 4.78 is 0. The molecule has 3 atom stereocenters. The molecule has 3 nitrogen and oxygen atoms in total. The smallest absolute Gasteiger partial charge is 0.191 e. The van der Waals surface area contributed by atoms with Crippen LogP contribution in [0.3, 0.4) is 0 Å². The van der Waals surface area contributed by atoms with Crippen molar-refractivity contribution in [1.29, 1.82) is 0 Å². The van der Waals surface area contributed by atoms with Gasteiger partial charge in [0.15, 0.2) is 5.96 Å². The number of guanidine groups is 1. The van der Waals surface area contributed by atoms with Crippen LogP contribution in [-0.4, -0.2) is 25.1 Å². The molecule has 2 N–H and O–H groups in total. The van der Waals surface area contributed by atoms with E-state index in [1.54, 1.807) is 11.3 Å². The Bertz CT molecular complexity index is 386. The van der Waals surface area contributed by atoms with E-state index in [4.69, 9.17) is 0 Å². The van der Waals surface area contributed by atoms with Gasteiger partial charge in [-0.1, -0.05) is 13.8 Å². The summed E-state index contributed by atoms with van der Waals surface area (Å²) in [6.45, 7) is 8.37. The Kier molecular flexibility index (Phi) is 4.64. The number of thiophene rings is 1. The second-order valence-corrected chi connectivity index (χ2v) is 5.92. The topological polar surface area (TPSA) is 36.4 Å². The van der Waals surface area contributed by atoms with Crippen molar-refractivity contribution in [2.24, 2.45) is 10.9 Å². The quantitative estimate of drug-likeness (QED) is 0.634. The zero-order valence-corrected chi connectivity index (χ0v) is 12.3. The first-order valence-corrected chi connectivity index (χ1v) is 7.72. The minimum Gasteiger partial charge on any atom is -0.357 e. The van der Waals surface area contributed by atoms with Crippen LogP contribution in [0.15, 0.2) is 21.8 Å². The highest BCUT2D eigenvalue weighted by molar-refractivity contribution is 7.07. The van der Waals surface area contributed by atoms with Gasteiger partial charge in [-0.05, 0) is 41.7 Å². The third-order valence-corrected chi connectivity index (χ3v) is 4.11. The van der Waals surface area contributed by atoms with Crippen LogP contribution in [-0.2, 0) is 0 Å². The van der Waals surface area contributed by atoms with Crippen LogP contribution < -0.4 is 10.6 Å². The van der Waals surface area contributed by atoms with Gasteiger partial charge in [0, 0.05) is 25.0 Å². The number of nitrogens with one attached hydrogen (secondary N) is 2. The molecule has 18 heavy (non-hydrogen) atoms. The molecular formula is C14H23N3S. The van der Waals surface area contributed by atoms with Crippen LogP contribution in [0, 0.1) is 5.92 Å². The van der Waals surface area contributed by atoms with Gasteiger partial charge in [0.2, 0.25) is 0 Å². The highest BCUT2D eigenvalue weighted by Gasteiger charge is 2.33. The van der Waals surface area contributed by atoms with E-state index >= 15 is 0 Å². The van der Waals surface area contributed by atoms with Gasteiger partial charge in [-0.15, -0.1) is 0 Å². The van der Waals surface area contributed by atoms with E-state index in [9.17, 15) is 0 Å². The van der Waals surface area contributed by atoms with Crippen molar-refractivity contribution in [2.75, 3.05) is 13.1 Å². The van der Waals surface area contributed by atoms with E-state index in [0.717, 1.165) is 25.0 Å². The summed E-state index contributed by atoms with van der Waals surface area (Å²) in [5.74, 6) is 2.25. The zero-order valence-electron chi connectivity index (χ0n) is 11.4. The van der Waals surface area contributed by atoms with Crippen molar-refractivity contribution >= 4 is 17.3 Å². The average molecular weight is 265 g/mol. The summed E-state index contributed by atoms with van der Waals surface area (Å²) in [4.78, 5) is 4.68. The standard InChI is InChI=1S/C14H23N3S/c1-4-15-14(17-13-7-10(13)2)16-8-11(3)12-5-6-18-9-12/h5-6,9-11,13H,4,7-8H2,1-3H3,(H2,15,16,17). The van der Waals surface area contributed by atoms with Crippen LogP contribution in [0.4, 0.5) is 0 Å². The molecule has 3 unspecified atom stereocenters. The Morgan fingerprint density at radius 3 is 2.94 bits per heavy atom. The summed E-state index contributed by atoms with van der Waals surface area (Å²) in [6.07, 6.45) is 1.27. The minimum absolute atomic E-state index is 0.489. The van der Waals surface area contributed by atoms with Crippen molar-refractivity contribution in [1.82, 2.24) is 10.6 Å². The summed E-state index contributed by atoms with van der Waals surface area (Å²) in [5.41, 5.74) is 1.39. The molecule has 1 fully saturated rings. The first-order valence-electron chi connectivity index (χ1n) is 6.77. The van der Waals surface area contributed by atoms with Crippen LogP contribution in [0.2, 0.25) is 0 Å². The lowest BCUT2D eigenvalue weighted by Gasteiger charge is -2.12. The van der Waals surface area contributed by atoms with Gasteiger partial charge >= 0.3 is 0 Å². The zero-order chi connectivity index (χ0) is 13.0. The van der Waals surface area contributed by atoms with E-state index in [0.29, 0.717) is 12.0 Å². The molecule has 1 saturated carbocycles. The van der Waals surface area contributed by atoms with Crippen molar-refractivity contribution in [3.8, 4) is 0 Å². The lowest BCUT2D eigenvalue weighted by atomic mass is 10.1. The average Bonchev–Trinajstić information content (AvgIpc) is 2.86. The number of hydrogen-bond donors (Lipinski definition) is 2. The highest BCUT2D eigenvalue weighted by atomic mass is 32.1. The number of rotatable bonds is 5. The highest BCUT2D eigenvalue weighted by Crippen LogP contribution is 2.28. The van der Waals surface area contributed by atoms with Crippen molar-refractivity contribution in [3.63, 3.8) is 0 Å². The molecule has 0 amide bonds. The van der Waals surface area contributed by atoms with Gasteiger partial charge in [0.1, 0.15) is 0 Å². The second kappa shape index (κ2) is 6.23. The first kappa shape index (κ1) is 13.4. The first-order chi connectivity index (χ1) is 8.70. The van der Waals surface area contributed by atoms with E-state index in [1.165, 1.54) is 12.0 Å². The third-order valence-electron chi connectivity index (χ3n) is 3.41. The SMILES string of the molecule is CCNC(=NCC(C)c1ccsc1)NC1CC1C. The van der Waals surface area contributed by atoms with Crippen LogP contribution in [0.1, 0.15) is 38.7 Å². The molecule has 0 radical (unpaired) electrons. The predicted molar refractivity (Wildman–Crippen MR) is 79.4 cm³/mol. The normalized spacial score (nSPS) is 24.7. The third kappa shape index (κ3) is 3.73. The molecule has 2 rings (SSSR count). The Morgan fingerprint density at radius 2 is 2.39 bits per heavy atom. The molecule has 1 aliphatic carbocycles. The Balaban J connectivity index is 1.87. The monoisotopic (exact) mass is 265 g/mol. The van der Waals surface area contributed by atoms with Crippen LogP contribution in [0.25, 0.3) is 0 Å². The minimum atomic E-state index is 0.489. The van der Waals surface area contributed by atoms with Crippen LogP contribution in [0.5, 0.6) is 0 Å². The maximum absolute atomic E-state index is 4.68. The molecule has 1 aromatic heterocycles. The number of hydrogen-bond acceptors (Lipinski definition) is 2. The maximum atomic E-state index is 4.68. The van der Waals surface area contributed by atoms with E-state index in [-0.39, 0.29) is 0 Å². The fourth-order valence-corrected chi connectivity index (χ4v) is 2.69. The molecule has 0 spiro atoms. The molecule has 0 aromatic carbocycles. The lowest BCUT2D eigenvalue weighted by Crippen LogP contribution is -2.39. The summed E-state index contributed by atoms with van der Waals surface area (Å²) >= 11 is 1.75. The van der Waals surface area contributed by atoms with Gasteiger partial charge in [-0.25, -0.2) is 0 Å². The van der Waals surface area contributed by atoms with Crippen LogP contribution >= 0.6 is 11.3 Å². The predicted octanol–water partition coefficient (Wildman–Crippen LogP) is 2.82. The molecule has 1 aromatic rings. The van der Waals surface area contributed by atoms with Crippen molar-refractivity contribution < 1.29 is 0 Å². The molecule has 0 aliphatic heterocycles. The Hall–Kier alpha value is -1.03. The largest absolute Gasteiger partial charge is 0.357 e. The van der Waals surface area contributed by atoms with E-state index in [2.05, 4.69) is 53.2 Å². The second-order valence-electron chi connectivity index (χ2n) is 5.14. The molecule has 4 heteroatoms. The maximum Gasteiger partial charge on any atom is 0.191 e. The molecule has 100 valence electrons. The van der Waals surface area contributed by atoms with Gasteiger partial charge < -0.3 is 10.6 Å². The number of aliphatic imine (C=N–C) groups is 1. The van der Waals surface area contributed by atoms with Gasteiger partial charge in [0.25, 0.3) is 0 Å². The van der Waals surface area contributed by atoms with E-state index in [1.807, 2.05) is 0 Å². The molecule has 1 aliphatic rings. The summed E-state index contributed by atoms with van der Waals surface area (Å²) in [7, 11) is 0. The molecular weight excluding hydrogens is 242 g/mol. The van der Waals surface area contributed by atoms with Gasteiger partial charge in [-0.2, -0.15) is 11.3 Å². The van der Waals surface area contributed by atoms with E-state index < -0.39 is 0 Å². The number of nitrogens with zero attached hydrogens (tertiary/aromatic N) is 1. The fourth-order valence-electron chi connectivity index (χ4n) is 1.91. The van der Waals surface area contributed by atoms with Crippen molar-refractivity contribution in [3.05, 3.63) is 22.4 Å². The summed E-state index contributed by atoms with van der Waals surface area (Å²) in [5, 5.41) is 11.1. The summed E-state index contributed by atoms with van der Waals surface area (Å²) in [6, 6.07) is 2.81. The molecule has 0 bridgehead atoms. The Labute approximate surface area is 114 Å². The van der Waals surface area contributed by atoms with Gasteiger partial charge in [-0.3, -0.25) is 4.99 Å².